The molecule has 2 saturated heterocycles. The zero-order valence-electron chi connectivity index (χ0n) is 23.3. The topological polar surface area (TPSA) is 142 Å². The van der Waals surface area contributed by atoms with Crippen LogP contribution in [-0.4, -0.2) is 92.2 Å². The number of likely N-dealkylation sites (tertiary alicyclic amines) is 1. The molecule has 0 bridgehead atoms. The van der Waals surface area contributed by atoms with E-state index in [2.05, 4.69) is 44.1 Å². The summed E-state index contributed by atoms with van der Waals surface area (Å²) < 4.78 is 5.67. The molecule has 12 nitrogen and oxygen atoms in total. The molecule has 2 aliphatic heterocycles. The number of aromatic nitrogens is 5. The molecule has 0 aromatic carbocycles. The Balaban J connectivity index is 1.22. The van der Waals surface area contributed by atoms with Crippen molar-refractivity contribution in [1.29, 1.82) is 0 Å². The third-order valence-corrected chi connectivity index (χ3v) is 7.98. The lowest BCUT2D eigenvalue weighted by molar-refractivity contribution is 0.0491. The number of hydrogen-bond donors (Lipinski definition) is 2. The number of hydrogen-bond acceptors (Lipinski definition) is 11. The third kappa shape index (κ3) is 5.83. The summed E-state index contributed by atoms with van der Waals surface area (Å²) in [6, 6.07) is 4.47. The van der Waals surface area contributed by atoms with Gasteiger partial charge in [-0.05, 0) is 44.7 Å². The molecule has 5 rings (SSSR count). The SMILES string of the molecule is CCNc1nnc(-c2cnc(N3CCN(C4CCN(C(=O)c5ccc(Cl)nc5N)CC4)[C@@H](CC)C3)c(CC)n2)o1. The first-order valence-electron chi connectivity index (χ1n) is 14.1. The van der Waals surface area contributed by atoms with Gasteiger partial charge in [0.15, 0.2) is 0 Å². The van der Waals surface area contributed by atoms with E-state index in [9.17, 15) is 4.79 Å². The smallest absolute Gasteiger partial charge is 0.315 e. The maximum atomic E-state index is 13.1. The number of rotatable bonds is 8. The number of pyridine rings is 1. The molecular weight excluding hydrogens is 532 g/mol. The molecule has 0 unspecified atom stereocenters. The van der Waals surface area contributed by atoms with Crippen molar-refractivity contribution >= 4 is 35.2 Å². The van der Waals surface area contributed by atoms with Crippen LogP contribution in [0.25, 0.3) is 11.6 Å². The summed E-state index contributed by atoms with van der Waals surface area (Å²) in [6.45, 7) is 11.1. The van der Waals surface area contributed by atoms with Crippen LogP contribution in [0.4, 0.5) is 17.7 Å². The number of anilines is 3. The summed E-state index contributed by atoms with van der Waals surface area (Å²) in [5, 5.41) is 11.4. The Morgan fingerprint density at radius 3 is 2.62 bits per heavy atom. The van der Waals surface area contributed by atoms with Gasteiger partial charge in [0, 0.05) is 51.4 Å². The molecule has 214 valence electrons. The molecule has 2 aliphatic rings. The van der Waals surface area contributed by atoms with Crippen LogP contribution in [0.1, 0.15) is 56.1 Å². The lowest BCUT2D eigenvalue weighted by Gasteiger charge is -2.47. The predicted octanol–water partition coefficient (Wildman–Crippen LogP) is 3.36. The van der Waals surface area contributed by atoms with Gasteiger partial charge in [-0.15, -0.1) is 5.10 Å². The second-order valence-corrected chi connectivity index (χ2v) is 10.5. The van der Waals surface area contributed by atoms with Gasteiger partial charge in [-0.25, -0.2) is 15.0 Å². The number of nitrogens with two attached hydrogens (primary N) is 1. The molecule has 40 heavy (non-hydrogen) atoms. The van der Waals surface area contributed by atoms with Gasteiger partial charge in [-0.2, -0.15) is 0 Å². The standard InChI is InChI=1S/C27H37ClN10O2/c1-4-17-16-37(24-20(5-2)32-21(15-31-24)25-34-35-27(40-25)30-6-3)13-14-38(17)18-9-11-36(12-10-18)26(39)19-7-8-22(28)33-23(19)29/h7-8,15,17-18H,4-6,9-14,16H2,1-3H3,(H2,29,33)(H,30,35)/t17-/m0/s1. The van der Waals surface area contributed by atoms with Crippen LogP contribution in [0.2, 0.25) is 5.15 Å². The quantitative estimate of drug-likeness (QED) is 0.386. The number of nitrogen functional groups attached to an aromatic ring is 1. The predicted molar refractivity (Wildman–Crippen MR) is 154 cm³/mol. The first-order valence-corrected chi connectivity index (χ1v) is 14.4. The van der Waals surface area contributed by atoms with E-state index < -0.39 is 0 Å². The zero-order valence-corrected chi connectivity index (χ0v) is 24.1. The van der Waals surface area contributed by atoms with Crippen LogP contribution >= 0.6 is 11.6 Å². The molecule has 0 radical (unpaired) electrons. The van der Waals surface area contributed by atoms with Crippen LogP contribution in [0.15, 0.2) is 22.7 Å². The normalized spacial score (nSPS) is 18.8. The summed E-state index contributed by atoms with van der Waals surface area (Å²) in [5.41, 5.74) is 7.88. The van der Waals surface area contributed by atoms with Crippen LogP contribution in [-0.2, 0) is 6.42 Å². The van der Waals surface area contributed by atoms with Crippen molar-refractivity contribution in [2.45, 2.75) is 58.5 Å². The largest absolute Gasteiger partial charge is 0.402 e. The van der Waals surface area contributed by atoms with E-state index in [4.69, 9.17) is 31.7 Å². The second kappa shape index (κ2) is 12.3. The number of carbonyl (C=O) groups is 1. The van der Waals surface area contributed by atoms with Crippen molar-refractivity contribution in [3.8, 4) is 11.6 Å². The first-order chi connectivity index (χ1) is 19.4. The summed E-state index contributed by atoms with van der Waals surface area (Å²) in [6.07, 6.45) is 5.36. The highest BCUT2D eigenvalue weighted by molar-refractivity contribution is 6.29. The van der Waals surface area contributed by atoms with Gasteiger partial charge < -0.3 is 25.3 Å². The third-order valence-electron chi connectivity index (χ3n) is 7.77. The van der Waals surface area contributed by atoms with Crippen molar-refractivity contribution in [3.05, 3.63) is 34.7 Å². The highest BCUT2D eigenvalue weighted by atomic mass is 35.5. The molecule has 1 atom stereocenters. The molecule has 0 saturated carbocycles. The molecule has 1 amide bonds. The number of aryl methyl sites for hydroxylation is 1. The fourth-order valence-electron chi connectivity index (χ4n) is 5.68. The van der Waals surface area contributed by atoms with E-state index in [-0.39, 0.29) is 16.9 Å². The monoisotopic (exact) mass is 568 g/mol. The minimum absolute atomic E-state index is 0.0792. The maximum Gasteiger partial charge on any atom is 0.315 e. The van der Waals surface area contributed by atoms with Gasteiger partial charge in [0.2, 0.25) is 0 Å². The summed E-state index contributed by atoms with van der Waals surface area (Å²) in [7, 11) is 0. The number of nitrogens with zero attached hydrogens (tertiary/aromatic N) is 8. The Morgan fingerprint density at radius 1 is 1.12 bits per heavy atom. The average Bonchev–Trinajstić information content (AvgIpc) is 3.45. The molecule has 0 spiro atoms. The second-order valence-electron chi connectivity index (χ2n) is 10.2. The molecule has 0 aliphatic carbocycles. The van der Waals surface area contributed by atoms with Crippen LogP contribution in [0.5, 0.6) is 0 Å². The molecule has 13 heteroatoms. The summed E-state index contributed by atoms with van der Waals surface area (Å²) in [5.74, 6) is 1.38. The lowest BCUT2D eigenvalue weighted by atomic mass is 9.97. The number of piperazine rings is 1. The maximum absolute atomic E-state index is 13.1. The van der Waals surface area contributed by atoms with Crippen LogP contribution in [0, 0.1) is 0 Å². The van der Waals surface area contributed by atoms with Crippen molar-refractivity contribution in [3.63, 3.8) is 0 Å². The van der Waals surface area contributed by atoms with Crippen LogP contribution < -0.4 is 16.0 Å². The Bertz CT molecular complexity index is 1330. The Kier molecular flexibility index (Phi) is 8.65. The average molecular weight is 569 g/mol. The van der Waals surface area contributed by atoms with E-state index in [1.165, 1.54) is 0 Å². The van der Waals surface area contributed by atoms with E-state index in [1.807, 2.05) is 11.8 Å². The van der Waals surface area contributed by atoms with Crippen LogP contribution in [0.3, 0.4) is 0 Å². The Labute approximate surface area is 239 Å². The minimum atomic E-state index is -0.0792. The molecule has 3 N–H and O–H groups in total. The number of halogens is 1. The van der Waals surface area contributed by atoms with Gasteiger partial charge in [-0.3, -0.25) is 9.69 Å². The Morgan fingerprint density at radius 2 is 1.93 bits per heavy atom. The Hall–Kier alpha value is -3.51. The van der Waals surface area contributed by atoms with Gasteiger partial charge in [0.25, 0.3) is 11.8 Å². The fraction of sp³-hybridized carbons (Fsp3) is 0.556. The molecular formula is C27H37ClN10O2. The van der Waals surface area contributed by atoms with E-state index in [0.717, 1.165) is 56.8 Å². The van der Waals surface area contributed by atoms with Gasteiger partial charge in [0.1, 0.15) is 22.5 Å². The lowest BCUT2D eigenvalue weighted by Crippen LogP contribution is -2.59. The molecule has 5 heterocycles. The summed E-state index contributed by atoms with van der Waals surface area (Å²) in [4.78, 5) is 33.6. The molecule has 2 fully saturated rings. The summed E-state index contributed by atoms with van der Waals surface area (Å²) >= 11 is 5.91. The highest BCUT2D eigenvalue weighted by Crippen LogP contribution is 2.29. The van der Waals surface area contributed by atoms with Gasteiger partial charge in [0.05, 0.1) is 17.5 Å². The fourth-order valence-corrected chi connectivity index (χ4v) is 5.84. The number of nitrogens with one attached hydrogen (secondary N) is 1. The van der Waals surface area contributed by atoms with E-state index in [1.54, 1.807) is 18.3 Å². The zero-order chi connectivity index (χ0) is 28.2. The van der Waals surface area contributed by atoms with Gasteiger partial charge in [-0.1, -0.05) is 30.5 Å². The number of carbonyl (C=O) groups excluding carboxylic acids is 1. The van der Waals surface area contributed by atoms with Gasteiger partial charge >= 0.3 is 6.01 Å². The first kappa shape index (κ1) is 28.0. The molecule has 3 aromatic heterocycles. The molecule has 3 aromatic rings. The van der Waals surface area contributed by atoms with E-state index in [0.29, 0.717) is 54.9 Å². The van der Waals surface area contributed by atoms with Crippen molar-refractivity contribution in [2.75, 3.05) is 55.2 Å². The van der Waals surface area contributed by atoms with E-state index >= 15 is 0 Å². The number of piperidine rings is 1. The highest BCUT2D eigenvalue weighted by Gasteiger charge is 2.35. The van der Waals surface area contributed by atoms with Crippen molar-refractivity contribution < 1.29 is 9.21 Å². The minimum Gasteiger partial charge on any atom is -0.402 e. The van der Waals surface area contributed by atoms with Crippen molar-refractivity contribution in [2.24, 2.45) is 0 Å². The van der Waals surface area contributed by atoms with Crippen molar-refractivity contribution in [1.82, 2.24) is 34.9 Å². The number of amides is 1.